The van der Waals surface area contributed by atoms with Gasteiger partial charge in [0.15, 0.2) is 0 Å². The minimum atomic E-state index is -0.982. The number of hydrogen-bond acceptors (Lipinski definition) is 3. The summed E-state index contributed by atoms with van der Waals surface area (Å²) in [6, 6.07) is -1.22. The Balaban J connectivity index is 2.25. The van der Waals surface area contributed by atoms with E-state index < -0.39 is 18.0 Å². The molecule has 6 heteroatoms. The van der Waals surface area contributed by atoms with Crippen LogP contribution in [0.5, 0.6) is 0 Å². The first-order valence-corrected chi connectivity index (χ1v) is 7.04. The van der Waals surface area contributed by atoms with Gasteiger partial charge in [0.05, 0.1) is 0 Å². The summed E-state index contributed by atoms with van der Waals surface area (Å²) < 4.78 is 0. The number of nitrogens with zero attached hydrogens (tertiary/aromatic N) is 1. The minimum absolute atomic E-state index is 0.0816. The SMILES string of the molecule is CCC(C)[C@H](NC(=O)NCCN1CCCC1)C(=O)O. The number of hydrogen-bond donors (Lipinski definition) is 3. The summed E-state index contributed by atoms with van der Waals surface area (Å²) in [4.78, 5) is 25.0. The average Bonchev–Trinajstić information content (AvgIpc) is 2.87. The molecule has 0 aromatic rings. The Labute approximate surface area is 114 Å². The van der Waals surface area contributed by atoms with Crippen LogP contribution in [0, 0.1) is 5.92 Å². The van der Waals surface area contributed by atoms with Crippen LogP contribution in [0.4, 0.5) is 4.79 Å². The molecule has 2 atom stereocenters. The molecular weight excluding hydrogens is 246 g/mol. The van der Waals surface area contributed by atoms with E-state index >= 15 is 0 Å². The predicted molar refractivity (Wildman–Crippen MR) is 73.1 cm³/mol. The molecule has 1 aliphatic rings. The van der Waals surface area contributed by atoms with E-state index in [2.05, 4.69) is 15.5 Å². The lowest BCUT2D eigenvalue weighted by Gasteiger charge is -2.21. The highest BCUT2D eigenvalue weighted by Crippen LogP contribution is 2.08. The van der Waals surface area contributed by atoms with E-state index in [0.29, 0.717) is 13.0 Å². The summed E-state index contributed by atoms with van der Waals surface area (Å²) in [5.41, 5.74) is 0. The molecule has 0 aromatic carbocycles. The van der Waals surface area contributed by atoms with Crippen molar-refractivity contribution >= 4 is 12.0 Å². The van der Waals surface area contributed by atoms with Crippen LogP contribution in [0.1, 0.15) is 33.1 Å². The minimum Gasteiger partial charge on any atom is -0.480 e. The van der Waals surface area contributed by atoms with Gasteiger partial charge in [0.25, 0.3) is 0 Å². The van der Waals surface area contributed by atoms with Crippen LogP contribution < -0.4 is 10.6 Å². The molecule has 1 unspecified atom stereocenters. The number of urea groups is 1. The Morgan fingerprint density at radius 2 is 1.95 bits per heavy atom. The van der Waals surface area contributed by atoms with Gasteiger partial charge in [0, 0.05) is 13.1 Å². The molecule has 1 fully saturated rings. The van der Waals surface area contributed by atoms with Crippen molar-refractivity contribution in [3.8, 4) is 0 Å². The number of carboxylic acid groups (broad SMARTS) is 1. The zero-order valence-electron chi connectivity index (χ0n) is 11.8. The van der Waals surface area contributed by atoms with Gasteiger partial charge in [-0.15, -0.1) is 0 Å². The van der Waals surface area contributed by atoms with Gasteiger partial charge >= 0.3 is 12.0 Å². The molecule has 0 aromatic heterocycles. The van der Waals surface area contributed by atoms with Crippen LogP contribution in [0.3, 0.4) is 0 Å². The van der Waals surface area contributed by atoms with Gasteiger partial charge < -0.3 is 20.6 Å². The van der Waals surface area contributed by atoms with Crippen molar-refractivity contribution < 1.29 is 14.7 Å². The molecule has 6 nitrogen and oxygen atoms in total. The molecule has 0 bridgehead atoms. The first kappa shape index (κ1) is 15.8. The lowest BCUT2D eigenvalue weighted by atomic mass is 9.99. The van der Waals surface area contributed by atoms with Crippen molar-refractivity contribution in [1.29, 1.82) is 0 Å². The van der Waals surface area contributed by atoms with Crippen LogP contribution in [0.2, 0.25) is 0 Å². The lowest BCUT2D eigenvalue weighted by molar-refractivity contribution is -0.140. The fraction of sp³-hybridized carbons (Fsp3) is 0.846. The van der Waals surface area contributed by atoms with Gasteiger partial charge in [-0.05, 0) is 31.8 Å². The van der Waals surface area contributed by atoms with Crippen LogP contribution in [0.25, 0.3) is 0 Å². The summed E-state index contributed by atoms with van der Waals surface area (Å²) in [6.07, 6.45) is 3.16. The third-order valence-electron chi connectivity index (χ3n) is 3.68. The fourth-order valence-corrected chi connectivity index (χ4v) is 2.21. The Hall–Kier alpha value is -1.30. The Morgan fingerprint density at radius 1 is 1.32 bits per heavy atom. The summed E-state index contributed by atoms with van der Waals surface area (Å²) >= 11 is 0. The van der Waals surface area contributed by atoms with Gasteiger partial charge in [-0.25, -0.2) is 9.59 Å². The monoisotopic (exact) mass is 271 g/mol. The number of carbonyl (C=O) groups is 2. The van der Waals surface area contributed by atoms with Crippen molar-refractivity contribution in [2.45, 2.75) is 39.2 Å². The highest BCUT2D eigenvalue weighted by atomic mass is 16.4. The molecule has 0 radical (unpaired) electrons. The second-order valence-electron chi connectivity index (χ2n) is 5.15. The van der Waals surface area contributed by atoms with Crippen LogP contribution in [-0.4, -0.2) is 54.2 Å². The number of carboxylic acids is 1. The second-order valence-corrected chi connectivity index (χ2v) is 5.15. The molecule has 1 saturated heterocycles. The van der Waals surface area contributed by atoms with Gasteiger partial charge in [0.1, 0.15) is 6.04 Å². The summed E-state index contributed by atoms with van der Waals surface area (Å²) in [6.45, 7) is 7.30. The molecule has 0 saturated carbocycles. The molecule has 3 N–H and O–H groups in total. The Bertz CT molecular complexity index is 304. The van der Waals surface area contributed by atoms with Crippen molar-refractivity contribution in [2.75, 3.05) is 26.2 Å². The number of nitrogens with one attached hydrogen (secondary N) is 2. The molecule has 1 aliphatic heterocycles. The number of carbonyl (C=O) groups excluding carboxylic acids is 1. The average molecular weight is 271 g/mol. The van der Waals surface area contributed by atoms with Crippen LogP contribution in [0.15, 0.2) is 0 Å². The van der Waals surface area contributed by atoms with E-state index in [1.54, 1.807) is 0 Å². The predicted octanol–water partition coefficient (Wildman–Crippen LogP) is 0.881. The maximum atomic E-state index is 11.6. The molecule has 0 aliphatic carbocycles. The zero-order chi connectivity index (χ0) is 14.3. The third kappa shape index (κ3) is 5.46. The normalized spacial score (nSPS) is 18.8. The summed E-state index contributed by atoms with van der Waals surface area (Å²) in [5, 5.41) is 14.3. The van der Waals surface area contributed by atoms with E-state index in [-0.39, 0.29) is 5.92 Å². The standard InChI is InChI=1S/C13H25N3O3/c1-3-10(2)11(12(17)18)15-13(19)14-6-9-16-7-4-5-8-16/h10-11H,3-9H2,1-2H3,(H,17,18)(H2,14,15,19)/t10?,11-/m0/s1. The van der Waals surface area contributed by atoms with Crippen molar-refractivity contribution in [3.63, 3.8) is 0 Å². The highest BCUT2D eigenvalue weighted by molar-refractivity contribution is 5.82. The fourth-order valence-electron chi connectivity index (χ4n) is 2.21. The Morgan fingerprint density at radius 3 is 2.47 bits per heavy atom. The smallest absolute Gasteiger partial charge is 0.326 e. The molecule has 19 heavy (non-hydrogen) atoms. The maximum Gasteiger partial charge on any atom is 0.326 e. The topological polar surface area (TPSA) is 81.7 Å². The number of likely N-dealkylation sites (tertiary alicyclic amines) is 1. The Kier molecular flexibility index (Phi) is 6.62. The van der Waals surface area contributed by atoms with E-state index in [1.165, 1.54) is 12.8 Å². The second kappa shape index (κ2) is 7.99. The largest absolute Gasteiger partial charge is 0.480 e. The molecular formula is C13H25N3O3. The van der Waals surface area contributed by atoms with Gasteiger partial charge in [0.2, 0.25) is 0 Å². The quantitative estimate of drug-likeness (QED) is 0.642. The van der Waals surface area contributed by atoms with Gasteiger partial charge in [-0.2, -0.15) is 0 Å². The van der Waals surface area contributed by atoms with Crippen LogP contribution in [-0.2, 0) is 4.79 Å². The van der Waals surface area contributed by atoms with E-state index in [0.717, 1.165) is 19.6 Å². The lowest BCUT2D eigenvalue weighted by Crippen LogP contribution is -2.50. The van der Waals surface area contributed by atoms with E-state index in [9.17, 15) is 9.59 Å². The van der Waals surface area contributed by atoms with E-state index in [4.69, 9.17) is 5.11 Å². The van der Waals surface area contributed by atoms with E-state index in [1.807, 2.05) is 13.8 Å². The maximum absolute atomic E-state index is 11.6. The molecule has 1 rings (SSSR count). The molecule has 110 valence electrons. The number of rotatable bonds is 7. The first-order valence-electron chi connectivity index (χ1n) is 7.04. The highest BCUT2D eigenvalue weighted by Gasteiger charge is 2.25. The summed E-state index contributed by atoms with van der Waals surface area (Å²) in [7, 11) is 0. The first-order chi connectivity index (χ1) is 9.04. The van der Waals surface area contributed by atoms with Crippen molar-refractivity contribution in [2.24, 2.45) is 5.92 Å². The molecule has 0 spiro atoms. The zero-order valence-corrected chi connectivity index (χ0v) is 11.8. The third-order valence-corrected chi connectivity index (χ3v) is 3.68. The number of amides is 2. The number of aliphatic carboxylic acids is 1. The summed E-state index contributed by atoms with van der Waals surface area (Å²) in [5.74, 6) is -1.06. The molecule has 1 heterocycles. The van der Waals surface area contributed by atoms with Crippen LogP contribution >= 0.6 is 0 Å². The molecule has 2 amide bonds. The van der Waals surface area contributed by atoms with Crippen molar-refractivity contribution in [1.82, 2.24) is 15.5 Å². The van der Waals surface area contributed by atoms with Gasteiger partial charge in [-0.1, -0.05) is 20.3 Å². The van der Waals surface area contributed by atoms with Gasteiger partial charge in [-0.3, -0.25) is 0 Å². The van der Waals surface area contributed by atoms with Crippen molar-refractivity contribution in [3.05, 3.63) is 0 Å².